The standard InChI is InChI=1S/C19H26N2O4/c1-24-13-8-9-17(25-2)16(10-13)21-19(23)15-11-14(15)18(22)20-12-6-4-3-5-7-12/h8-10,12,14-15H,3-7,11H2,1-2H3,(H,20,22)(H,21,23). The minimum absolute atomic E-state index is 0.0182. The SMILES string of the molecule is COc1ccc(OC)c(NC(=O)C2CC2C(=O)NC2CCCCC2)c1. The highest BCUT2D eigenvalue weighted by molar-refractivity contribution is 6.00. The number of ether oxygens (including phenoxy) is 2. The first-order valence-electron chi connectivity index (χ1n) is 8.95. The topological polar surface area (TPSA) is 76.7 Å². The molecule has 1 aromatic carbocycles. The summed E-state index contributed by atoms with van der Waals surface area (Å²) in [5.74, 6) is 0.606. The number of methoxy groups -OCH3 is 2. The molecule has 6 nitrogen and oxygen atoms in total. The van der Waals surface area contributed by atoms with Crippen LogP contribution in [0.3, 0.4) is 0 Å². The second-order valence-corrected chi connectivity index (χ2v) is 6.85. The van der Waals surface area contributed by atoms with E-state index in [1.54, 1.807) is 32.4 Å². The van der Waals surface area contributed by atoms with Crippen LogP contribution in [0.5, 0.6) is 11.5 Å². The van der Waals surface area contributed by atoms with Crippen molar-refractivity contribution in [2.45, 2.75) is 44.6 Å². The number of nitrogens with one attached hydrogen (secondary N) is 2. The van der Waals surface area contributed by atoms with Crippen LogP contribution >= 0.6 is 0 Å². The molecule has 0 heterocycles. The Kier molecular flexibility index (Phi) is 5.46. The van der Waals surface area contributed by atoms with Crippen LogP contribution in [-0.4, -0.2) is 32.1 Å². The molecule has 2 unspecified atom stereocenters. The Hall–Kier alpha value is -2.24. The average molecular weight is 346 g/mol. The molecule has 6 heteroatoms. The van der Waals surface area contributed by atoms with E-state index in [1.807, 2.05) is 0 Å². The molecular weight excluding hydrogens is 320 g/mol. The Morgan fingerprint density at radius 3 is 2.40 bits per heavy atom. The fourth-order valence-electron chi connectivity index (χ4n) is 3.47. The molecule has 136 valence electrons. The quantitative estimate of drug-likeness (QED) is 0.830. The van der Waals surface area contributed by atoms with Gasteiger partial charge in [0.2, 0.25) is 11.8 Å². The molecular formula is C19H26N2O4. The number of carbonyl (C=O) groups is 2. The summed E-state index contributed by atoms with van der Waals surface area (Å²) in [5, 5.41) is 5.97. The molecule has 25 heavy (non-hydrogen) atoms. The second-order valence-electron chi connectivity index (χ2n) is 6.85. The summed E-state index contributed by atoms with van der Waals surface area (Å²) in [6.07, 6.45) is 6.32. The van der Waals surface area contributed by atoms with Crippen LogP contribution in [0, 0.1) is 11.8 Å². The zero-order chi connectivity index (χ0) is 17.8. The number of benzene rings is 1. The molecule has 0 bridgehead atoms. The third-order valence-corrected chi connectivity index (χ3v) is 5.08. The first kappa shape index (κ1) is 17.6. The van der Waals surface area contributed by atoms with Crippen LogP contribution in [0.4, 0.5) is 5.69 Å². The minimum atomic E-state index is -0.264. The molecule has 2 atom stereocenters. The maximum absolute atomic E-state index is 12.5. The summed E-state index contributed by atoms with van der Waals surface area (Å²) in [5.41, 5.74) is 0.560. The lowest BCUT2D eigenvalue weighted by Crippen LogP contribution is -2.37. The molecule has 0 radical (unpaired) electrons. The summed E-state index contributed by atoms with van der Waals surface area (Å²) in [7, 11) is 3.12. The van der Waals surface area contributed by atoms with E-state index >= 15 is 0 Å². The van der Waals surface area contributed by atoms with Gasteiger partial charge in [0.05, 0.1) is 31.7 Å². The van der Waals surface area contributed by atoms with E-state index in [-0.39, 0.29) is 29.7 Å². The Morgan fingerprint density at radius 2 is 1.72 bits per heavy atom. The molecule has 0 spiro atoms. The molecule has 0 aliphatic heterocycles. The highest BCUT2D eigenvalue weighted by atomic mass is 16.5. The van der Waals surface area contributed by atoms with Gasteiger partial charge in [0.25, 0.3) is 0 Å². The molecule has 2 amide bonds. The Balaban J connectivity index is 1.55. The summed E-state index contributed by atoms with van der Waals surface area (Å²) in [4.78, 5) is 24.8. The summed E-state index contributed by atoms with van der Waals surface area (Å²) in [6, 6.07) is 5.51. The van der Waals surface area contributed by atoms with Gasteiger partial charge in [0.1, 0.15) is 11.5 Å². The highest BCUT2D eigenvalue weighted by Crippen LogP contribution is 2.41. The lowest BCUT2D eigenvalue weighted by Gasteiger charge is -2.22. The van der Waals surface area contributed by atoms with Crippen molar-refractivity contribution in [3.05, 3.63) is 18.2 Å². The van der Waals surface area contributed by atoms with Crippen molar-refractivity contribution >= 4 is 17.5 Å². The highest BCUT2D eigenvalue weighted by Gasteiger charge is 2.48. The molecule has 2 aliphatic rings. The van der Waals surface area contributed by atoms with Gasteiger partial charge in [-0.1, -0.05) is 19.3 Å². The first-order chi connectivity index (χ1) is 12.1. The predicted molar refractivity (Wildman–Crippen MR) is 94.8 cm³/mol. The van der Waals surface area contributed by atoms with E-state index in [4.69, 9.17) is 9.47 Å². The predicted octanol–water partition coefficient (Wildman–Crippen LogP) is 2.73. The van der Waals surface area contributed by atoms with Gasteiger partial charge in [-0.3, -0.25) is 9.59 Å². The summed E-state index contributed by atoms with van der Waals surface area (Å²) < 4.78 is 10.5. The molecule has 0 aromatic heterocycles. The third-order valence-electron chi connectivity index (χ3n) is 5.08. The van der Waals surface area contributed by atoms with E-state index < -0.39 is 0 Å². The largest absolute Gasteiger partial charge is 0.497 e. The van der Waals surface area contributed by atoms with Crippen LogP contribution in [0.25, 0.3) is 0 Å². The van der Waals surface area contributed by atoms with Gasteiger partial charge in [-0.15, -0.1) is 0 Å². The molecule has 2 aliphatic carbocycles. The van der Waals surface area contributed by atoms with Crippen LogP contribution in [0.1, 0.15) is 38.5 Å². The monoisotopic (exact) mass is 346 g/mol. The zero-order valence-electron chi connectivity index (χ0n) is 14.8. The first-order valence-corrected chi connectivity index (χ1v) is 8.95. The fraction of sp³-hybridized carbons (Fsp3) is 0.579. The van der Waals surface area contributed by atoms with E-state index in [2.05, 4.69) is 10.6 Å². The van der Waals surface area contributed by atoms with Crippen molar-refractivity contribution in [3.8, 4) is 11.5 Å². The van der Waals surface area contributed by atoms with Gasteiger partial charge in [0, 0.05) is 12.1 Å². The molecule has 2 N–H and O–H groups in total. The Morgan fingerprint density at radius 1 is 1.00 bits per heavy atom. The van der Waals surface area contributed by atoms with E-state index in [9.17, 15) is 9.59 Å². The van der Waals surface area contributed by atoms with Crippen molar-refractivity contribution < 1.29 is 19.1 Å². The van der Waals surface area contributed by atoms with Gasteiger partial charge < -0.3 is 20.1 Å². The van der Waals surface area contributed by atoms with Crippen LogP contribution in [0.15, 0.2) is 18.2 Å². The molecule has 2 fully saturated rings. The van der Waals surface area contributed by atoms with E-state index in [1.165, 1.54) is 19.3 Å². The minimum Gasteiger partial charge on any atom is -0.497 e. The van der Waals surface area contributed by atoms with Crippen molar-refractivity contribution in [2.24, 2.45) is 11.8 Å². The maximum atomic E-state index is 12.5. The van der Waals surface area contributed by atoms with Gasteiger partial charge in [-0.2, -0.15) is 0 Å². The molecule has 1 aromatic rings. The molecule has 2 saturated carbocycles. The van der Waals surface area contributed by atoms with Crippen molar-refractivity contribution in [3.63, 3.8) is 0 Å². The lowest BCUT2D eigenvalue weighted by atomic mass is 9.95. The average Bonchev–Trinajstić information content (AvgIpc) is 3.43. The van der Waals surface area contributed by atoms with E-state index in [0.29, 0.717) is 23.6 Å². The number of hydrogen-bond acceptors (Lipinski definition) is 4. The third kappa shape index (κ3) is 4.24. The van der Waals surface area contributed by atoms with Crippen molar-refractivity contribution in [1.29, 1.82) is 0 Å². The number of hydrogen-bond donors (Lipinski definition) is 2. The van der Waals surface area contributed by atoms with Crippen molar-refractivity contribution in [1.82, 2.24) is 5.32 Å². The summed E-state index contributed by atoms with van der Waals surface area (Å²) in [6.45, 7) is 0. The van der Waals surface area contributed by atoms with Crippen LogP contribution < -0.4 is 20.1 Å². The van der Waals surface area contributed by atoms with E-state index in [0.717, 1.165) is 12.8 Å². The maximum Gasteiger partial charge on any atom is 0.228 e. The fourth-order valence-corrected chi connectivity index (χ4v) is 3.47. The molecule has 3 rings (SSSR count). The van der Waals surface area contributed by atoms with Crippen LogP contribution in [0.2, 0.25) is 0 Å². The number of anilines is 1. The smallest absolute Gasteiger partial charge is 0.228 e. The second kappa shape index (κ2) is 7.76. The summed E-state index contributed by atoms with van der Waals surface area (Å²) >= 11 is 0. The Labute approximate surface area is 148 Å². The Bertz CT molecular complexity index is 640. The van der Waals surface area contributed by atoms with Gasteiger partial charge in [-0.25, -0.2) is 0 Å². The zero-order valence-corrected chi connectivity index (χ0v) is 14.8. The van der Waals surface area contributed by atoms with Gasteiger partial charge in [0.15, 0.2) is 0 Å². The van der Waals surface area contributed by atoms with Gasteiger partial charge in [-0.05, 0) is 31.4 Å². The van der Waals surface area contributed by atoms with Crippen LogP contribution in [-0.2, 0) is 9.59 Å². The van der Waals surface area contributed by atoms with Crippen molar-refractivity contribution in [2.75, 3.05) is 19.5 Å². The number of rotatable bonds is 6. The van der Waals surface area contributed by atoms with Gasteiger partial charge >= 0.3 is 0 Å². The normalized spacial score (nSPS) is 22.8. The lowest BCUT2D eigenvalue weighted by molar-refractivity contribution is -0.126. The molecule has 0 saturated heterocycles. The number of amides is 2. The number of carbonyl (C=O) groups excluding carboxylic acids is 2.